The normalized spacial score (nSPS) is 13.5. The molecular weight excluding hydrogens is 387 g/mol. The molecule has 0 radical (unpaired) electrons. The second-order valence-electron chi connectivity index (χ2n) is 6.39. The zero-order chi connectivity index (χ0) is 19.9. The Hall–Kier alpha value is -2.52. The summed E-state index contributed by atoms with van der Waals surface area (Å²) in [4.78, 5) is 13.6. The van der Waals surface area contributed by atoms with Crippen LogP contribution in [0.25, 0.3) is 10.2 Å². The van der Waals surface area contributed by atoms with Gasteiger partial charge in [0.05, 0.1) is 16.3 Å². The molecule has 3 N–H and O–H groups in total. The van der Waals surface area contributed by atoms with E-state index < -0.39 is 15.3 Å². The van der Waals surface area contributed by atoms with E-state index in [1.165, 1.54) is 35.8 Å². The number of thiophene rings is 1. The summed E-state index contributed by atoms with van der Waals surface area (Å²) in [7, 11) is -2.70. The number of aryl methyl sites for hydroxylation is 2. The molecule has 0 aliphatic heterocycles. The first-order valence-corrected chi connectivity index (χ1v) is 11.0. The molecule has 142 valence electrons. The highest BCUT2D eigenvalue weighted by Crippen LogP contribution is 2.34. The lowest BCUT2D eigenvalue weighted by Gasteiger charge is -2.09. The minimum atomic E-state index is -2.70. The van der Waals surface area contributed by atoms with Crippen LogP contribution in [0.15, 0.2) is 23.1 Å². The number of rotatable bonds is 4. The summed E-state index contributed by atoms with van der Waals surface area (Å²) in [6, 6.07) is 4.20. The van der Waals surface area contributed by atoms with Crippen molar-refractivity contribution in [3.8, 4) is 0 Å². The quantitative estimate of drug-likeness (QED) is 0.649. The average Bonchev–Trinajstić information content (AvgIpc) is 2.93. The lowest BCUT2D eigenvalue weighted by Crippen LogP contribution is -2.22. The van der Waals surface area contributed by atoms with E-state index in [0.717, 1.165) is 16.6 Å². The Kier molecular flexibility index (Phi) is 4.92. The molecule has 0 fully saturated rings. The van der Waals surface area contributed by atoms with Crippen molar-refractivity contribution >= 4 is 48.5 Å². The molecule has 9 heteroatoms. The number of hydrogen-bond donors (Lipinski definition) is 2. The molecular formula is C18H19FN4O2S2. The number of carbonyl (C=O) groups is 1. The van der Waals surface area contributed by atoms with Crippen molar-refractivity contribution in [2.45, 2.75) is 25.3 Å². The number of nitrogens with zero attached hydrogens (tertiary/aromatic N) is 2. The first-order chi connectivity index (χ1) is 12.6. The molecule has 1 atom stereocenters. The van der Waals surface area contributed by atoms with Crippen LogP contribution in [0.5, 0.6) is 0 Å². The highest BCUT2D eigenvalue weighted by Gasteiger charge is 2.20. The van der Waals surface area contributed by atoms with E-state index in [9.17, 15) is 13.4 Å². The molecule has 6 nitrogen and oxygen atoms in total. The van der Waals surface area contributed by atoms with Crippen LogP contribution in [0.4, 0.5) is 10.1 Å². The highest BCUT2D eigenvalue weighted by atomic mass is 32.2. The first-order valence-electron chi connectivity index (χ1n) is 8.00. The lowest BCUT2D eigenvalue weighted by atomic mass is 10.1. The molecule has 1 aromatic carbocycles. The lowest BCUT2D eigenvalue weighted by molar-refractivity contribution is 0.0956. The zero-order valence-corrected chi connectivity index (χ0v) is 16.8. The summed E-state index contributed by atoms with van der Waals surface area (Å²) < 4.78 is 25.9. The SMILES string of the molecule is C=S(C)(=O)c1cc(CNC(=O)c2sc3nnc(C)c(C)c3c2N)ccc1F. The predicted octanol–water partition coefficient (Wildman–Crippen LogP) is 2.66. The number of nitrogens with two attached hydrogens (primary N) is 1. The Morgan fingerprint density at radius 1 is 1.37 bits per heavy atom. The summed E-state index contributed by atoms with van der Waals surface area (Å²) in [5.41, 5.74) is 8.80. The fraction of sp³-hybridized carbons (Fsp3) is 0.222. The number of fused-ring (bicyclic) bond motifs is 1. The smallest absolute Gasteiger partial charge is 0.263 e. The van der Waals surface area contributed by atoms with Gasteiger partial charge in [0.2, 0.25) is 0 Å². The Bertz CT molecular complexity index is 1170. The minimum absolute atomic E-state index is 0.0389. The summed E-state index contributed by atoms with van der Waals surface area (Å²) in [5, 5.41) is 11.7. The van der Waals surface area contributed by atoms with Crippen LogP contribution < -0.4 is 11.1 Å². The van der Waals surface area contributed by atoms with Gasteiger partial charge in [0.25, 0.3) is 5.91 Å². The predicted molar refractivity (Wildman–Crippen MR) is 108 cm³/mol. The van der Waals surface area contributed by atoms with Crippen molar-refractivity contribution in [3.05, 3.63) is 45.7 Å². The maximum Gasteiger partial charge on any atom is 0.263 e. The topological polar surface area (TPSA) is 98.0 Å². The average molecular weight is 407 g/mol. The number of aromatic nitrogens is 2. The van der Waals surface area contributed by atoms with Crippen LogP contribution in [-0.4, -0.2) is 32.4 Å². The van der Waals surface area contributed by atoms with Gasteiger partial charge in [-0.2, -0.15) is 5.10 Å². The van der Waals surface area contributed by atoms with Crippen LogP contribution in [0, 0.1) is 19.7 Å². The van der Waals surface area contributed by atoms with E-state index in [2.05, 4.69) is 21.4 Å². The third-order valence-corrected chi connectivity index (χ3v) is 6.59. The summed E-state index contributed by atoms with van der Waals surface area (Å²) in [5.74, 6) is 2.58. The molecule has 0 aliphatic carbocycles. The first kappa shape index (κ1) is 19.2. The van der Waals surface area contributed by atoms with E-state index in [1.807, 2.05) is 13.8 Å². The highest BCUT2D eigenvalue weighted by molar-refractivity contribution is 7.99. The molecule has 0 saturated carbocycles. The minimum Gasteiger partial charge on any atom is -0.397 e. The molecule has 1 unspecified atom stereocenters. The van der Waals surface area contributed by atoms with Gasteiger partial charge in [-0.05, 0) is 52.5 Å². The zero-order valence-electron chi connectivity index (χ0n) is 15.1. The van der Waals surface area contributed by atoms with Crippen LogP contribution in [0.1, 0.15) is 26.5 Å². The van der Waals surface area contributed by atoms with Crippen LogP contribution >= 0.6 is 11.3 Å². The van der Waals surface area contributed by atoms with Crippen molar-refractivity contribution in [1.29, 1.82) is 0 Å². The van der Waals surface area contributed by atoms with Crippen LogP contribution in [0.2, 0.25) is 0 Å². The number of nitrogens with one attached hydrogen (secondary N) is 1. The van der Waals surface area contributed by atoms with Gasteiger partial charge in [0.15, 0.2) is 0 Å². The molecule has 3 rings (SSSR count). The van der Waals surface area contributed by atoms with E-state index in [0.29, 0.717) is 21.0 Å². The van der Waals surface area contributed by atoms with Gasteiger partial charge in [0, 0.05) is 18.2 Å². The maximum absolute atomic E-state index is 13.8. The second kappa shape index (κ2) is 6.90. The van der Waals surface area contributed by atoms with Gasteiger partial charge in [0.1, 0.15) is 15.5 Å². The summed E-state index contributed by atoms with van der Waals surface area (Å²) in [6.45, 7) is 3.86. The van der Waals surface area contributed by atoms with E-state index in [4.69, 9.17) is 5.73 Å². The number of nitrogen functional groups attached to an aromatic ring is 1. The largest absolute Gasteiger partial charge is 0.397 e. The van der Waals surface area contributed by atoms with Gasteiger partial charge in [-0.15, -0.1) is 16.4 Å². The summed E-state index contributed by atoms with van der Waals surface area (Å²) >= 11 is 1.17. The van der Waals surface area contributed by atoms with Gasteiger partial charge >= 0.3 is 0 Å². The Morgan fingerprint density at radius 2 is 2.07 bits per heavy atom. The van der Waals surface area contributed by atoms with Crippen LogP contribution in [-0.2, 0) is 16.1 Å². The third kappa shape index (κ3) is 3.65. The van der Waals surface area contributed by atoms with Gasteiger partial charge in [-0.1, -0.05) is 6.07 Å². The third-order valence-electron chi connectivity index (χ3n) is 4.26. The molecule has 1 amide bonds. The number of carbonyl (C=O) groups excluding carboxylic acids is 1. The number of benzene rings is 1. The Balaban J connectivity index is 1.86. The van der Waals surface area contributed by atoms with Gasteiger partial charge < -0.3 is 11.1 Å². The van der Waals surface area contributed by atoms with Crippen molar-refractivity contribution < 1.29 is 13.4 Å². The molecule has 0 spiro atoms. The van der Waals surface area contributed by atoms with Crippen molar-refractivity contribution in [3.63, 3.8) is 0 Å². The number of amides is 1. The molecule has 0 saturated heterocycles. The Morgan fingerprint density at radius 3 is 2.74 bits per heavy atom. The Labute approximate surface area is 160 Å². The van der Waals surface area contributed by atoms with E-state index >= 15 is 0 Å². The fourth-order valence-corrected chi connectivity index (χ4v) is 4.56. The molecule has 3 aromatic rings. The fourth-order valence-electron chi connectivity index (χ4n) is 2.66. The van der Waals surface area contributed by atoms with Crippen molar-refractivity contribution in [2.24, 2.45) is 0 Å². The summed E-state index contributed by atoms with van der Waals surface area (Å²) in [6.07, 6.45) is 1.37. The van der Waals surface area contributed by atoms with Gasteiger partial charge in [-0.25, -0.2) is 4.39 Å². The molecule has 0 bridgehead atoms. The number of anilines is 1. The second-order valence-corrected chi connectivity index (χ2v) is 9.84. The monoisotopic (exact) mass is 406 g/mol. The van der Waals surface area contributed by atoms with E-state index in [-0.39, 0.29) is 17.3 Å². The molecule has 0 aliphatic rings. The molecule has 27 heavy (non-hydrogen) atoms. The van der Waals surface area contributed by atoms with Crippen molar-refractivity contribution in [1.82, 2.24) is 15.5 Å². The van der Waals surface area contributed by atoms with Gasteiger partial charge in [-0.3, -0.25) is 9.00 Å². The van der Waals surface area contributed by atoms with Crippen molar-refractivity contribution in [2.75, 3.05) is 12.0 Å². The standard InChI is InChI=1S/C18H19FN4O2S2/c1-9-10(2)22-23-18-14(9)15(20)16(26-18)17(24)21-8-11-5-6-12(19)13(7-11)27(3,4)25/h5-7H,3,8,20H2,1-2,4H3,(H,21,24). The van der Waals surface area contributed by atoms with Crippen LogP contribution in [0.3, 0.4) is 0 Å². The maximum atomic E-state index is 13.8. The molecule has 2 heterocycles. The number of halogens is 1. The number of hydrogen-bond acceptors (Lipinski definition) is 6. The van der Waals surface area contributed by atoms with E-state index in [1.54, 1.807) is 0 Å². The molecule has 2 aromatic heterocycles.